The van der Waals surface area contributed by atoms with Gasteiger partial charge < -0.3 is 0 Å². The number of benzene rings is 3. The van der Waals surface area contributed by atoms with Crippen LogP contribution in [0, 0.1) is 11.3 Å². The van der Waals surface area contributed by atoms with E-state index in [1.165, 1.54) is 11.3 Å². The molecule has 5 nitrogen and oxygen atoms in total. The van der Waals surface area contributed by atoms with E-state index in [0.29, 0.717) is 21.4 Å². The third-order valence-electron chi connectivity index (χ3n) is 6.21. The number of rotatable bonds is 6. The second-order valence-electron chi connectivity index (χ2n) is 8.32. The van der Waals surface area contributed by atoms with E-state index in [0.717, 1.165) is 41.5 Å². The molecule has 0 saturated carbocycles. The minimum Gasteiger partial charge on any atom is -0.292 e. The first kappa shape index (κ1) is 22.5. The Morgan fingerprint density at radius 3 is 2.44 bits per heavy atom. The van der Waals surface area contributed by atoms with Crippen molar-refractivity contribution < 1.29 is 13.2 Å². The number of sulfonamides is 1. The number of carbonyl (C=O) groups is 1. The summed E-state index contributed by atoms with van der Waals surface area (Å²) in [6, 6.07) is 22.0. The molecule has 0 amide bonds. The molecule has 1 aliphatic rings. The van der Waals surface area contributed by atoms with Gasteiger partial charge in [-0.25, -0.2) is 8.42 Å². The van der Waals surface area contributed by atoms with Crippen molar-refractivity contribution in [3.05, 3.63) is 99.2 Å². The fourth-order valence-corrected chi connectivity index (χ4v) is 7.42. The number of hydrogen-bond acceptors (Lipinski definition) is 5. The predicted molar refractivity (Wildman–Crippen MR) is 133 cm³/mol. The Balaban J connectivity index is 1.65. The van der Waals surface area contributed by atoms with Gasteiger partial charge >= 0.3 is 0 Å². The molecule has 34 heavy (non-hydrogen) atoms. The summed E-state index contributed by atoms with van der Waals surface area (Å²) in [6.45, 7) is 0. The number of carbonyl (C=O) groups excluding carboxylic acids is 1. The highest BCUT2D eigenvalue weighted by molar-refractivity contribution is 7.89. The Morgan fingerprint density at radius 2 is 1.65 bits per heavy atom. The van der Waals surface area contributed by atoms with Gasteiger partial charge in [0.1, 0.15) is 12.1 Å². The Labute approximate surface area is 202 Å². The highest BCUT2D eigenvalue weighted by atomic mass is 32.2. The van der Waals surface area contributed by atoms with E-state index in [1.807, 2.05) is 18.2 Å². The van der Waals surface area contributed by atoms with Crippen LogP contribution in [0.15, 0.2) is 77.7 Å². The average Bonchev–Trinajstić information content (AvgIpc) is 3.25. The summed E-state index contributed by atoms with van der Waals surface area (Å²) in [6.07, 6.45) is 3.63. The number of nitriles is 1. The Hall–Kier alpha value is -3.31. The van der Waals surface area contributed by atoms with Gasteiger partial charge in [0.05, 0.1) is 10.5 Å². The molecule has 0 saturated heterocycles. The van der Waals surface area contributed by atoms with Crippen molar-refractivity contribution >= 4 is 37.9 Å². The van der Waals surface area contributed by atoms with Crippen LogP contribution in [0.25, 0.3) is 10.8 Å². The normalized spacial score (nSPS) is 14.3. The lowest BCUT2D eigenvalue weighted by atomic mass is 9.93. The number of nitrogens with one attached hydrogen (secondary N) is 1. The molecule has 1 unspecified atom stereocenters. The van der Waals surface area contributed by atoms with Crippen molar-refractivity contribution in [3.8, 4) is 6.07 Å². The smallest absolute Gasteiger partial charge is 0.242 e. The van der Waals surface area contributed by atoms with Gasteiger partial charge in [-0.3, -0.25) is 4.79 Å². The van der Waals surface area contributed by atoms with Crippen LogP contribution >= 0.6 is 11.3 Å². The maximum atomic E-state index is 13.7. The van der Waals surface area contributed by atoms with E-state index >= 15 is 0 Å². The van der Waals surface area contributed by atoms with Crippen LogP contribution in [0.3, 0.4) is 0 Å². The molecule has 0 radical (unpaired) electrons. The predicted octanol–water partition coefficient (Wildman–Crippen LogP) is 5.55. The summed E-state index contributed by atoms with van der Waals surface area (Å²) >= 11 is 1.39. The quantitative estimate of drug-likeness (QED) is 0.362. The fraction of sp³-hybridized carbons (Fsp3) is 0.185. The lowest BCUT2D eigenvalue weighted by Gasteiger charge is -2.18. The molecular formula is C27H22N2O3S2. The maximum absolute atomic E-state index is 13.7. The molecule has 0 bridgehead atoms. The monoisotopic (exact) mass is 486 g/mol. The van der Waals surface area contributed by atoms with Gasteiger partial charge in [0.25, 0.3) is 0 Å². The van der Waals surface area contributed by atoms with Crippen molar-refractivity contribution in [1.29, 1.82) is 5.26 Å². The minimum absolute atomic E-state index is 0.108. The molecule has 3 aromatic carbocycles. The van der Waals surface area contributed by atoms with Crippen LogP contribution in [0.4, 0.5) is 0 Å². The van der Waals surface area contributed by atoms with Gasteiger partial charge in [-0.15, -0.1) is 11.3 Å². The van der Waals surface area contributed by atoms with Gasteiger partial charge in [0.15, 0.2) is 5.78 Å². The molecule has 1 aromatic heterocycles. The van der Waals surface area contributed by atoms with Crippen LogP contribution in [0.1, 0.15) is 50.1 Å². The highest BCUT2D eigenvalue weighted by Gasteiger charge is 2.34. The third kappa shape index (κ3) is 4.05. The number of nitrogens with zero attached hydrogens (tertiary/aromatic N) is 1. The molecule has 1 N–H and O–H groups in total. The number of ketones is 1. The zero-order chi connectivity index (χ0) is 23.7. The van der Waals surface area contributed by atoms with Crippen molar-refractivity contribution in [2.24, 2.45) is 0 Å². The van der Waals surface area contributed by atoms with Crippen molar-refractivity contribution in [2.45, 2.75) is 36.6 Å². The SMILES string of the molecule is N#Cc1c(C(NS(=O)(=O)c2cccc3ccccc23)C(=O)c2ccccc2)sc2c1CCCC2. The maximum Gasteiger partial charge on any atom is 0.242 e. The Morgan fingerprint density at radius 1 is 0.941 bits per heavy atom. The van der Waals surface area contributed by atoms with Gasteiger partial charge in [-0.05, 0) is 42.7 Å². The molecule has 1 heterocycles. The summed E-state index contributed by atoms with van der Waals surface area (Å²) in [5.74, 6) is -0.375. The molecular weight excluding hydrogens is 464 g/mol. The average molecular weight is 487 g/mol. The second kappa shape index (κ2) is 9.15. The fourth-order valence-electron chi connectivity index (χ4n) is 4.56. The first-order chi connectivity index (χ1) is 16.5. The van der Waals surface area contributed by atoms with Crippen molar-refractivity contribution in [3.63, 3.8) is 0 Å². The summed E-state index contributed by atoms with van der Waals surface area (Å²) in [4.78, 5) is 15.3. The summed E-state index contributed by atoms with van der Waals surface area (Å²) < 4.78 is 30.0. The van der Waals surface area contributed by atoms with E-state index in [1.54, 1.807) is 54.6 Å². The summed E-state index contributed by atoms with van der Waals surface area (Å²) in [7, 11) is -4.09. The molecule has 170 valence electrons. The topological polar surface area (TPSA) is 87.0 Å². The van der Waals surface area contributed by atoms with Gasteiger partial charge in [0, 0.05) is 20.7 Å². The second-order valence-corrected chi connectivity index (χ2v) is 11.1. The Bertz CT molecular complexity index is 1530. The van der Waals surface area contributed by atoms with Gasteiger partial charge in [0.2, 0.25) is 10.0 Å². The first-order valence-electron chi connectivity index (χ1n) is 11.1. The van der Waals surface area contributed by atoms with Crippen molar-refractivity contribution in [1.82, 2.24) is 4.72 Å². The lowest BCUT2D eigenvalue weighted by Crippen LogP contribution is -2.34. The largest absolute Gasteiger partial charge is 0.292 e. The molecule has 0 aliphatic heterocycles. The number of thiophene rings is 1. The van der Waals surface area contributed by atoms with Crippen LogP contribution in [0.5, 0.6) is 0 Å². The van der Waals surface area contributed by atoms with E-state index in [9.17, 15) is 18.5 Å². The number of Topliss-reactive ketones (excluding diaryl/α,β-unsaturated/α-hetero) is 1. The van der Waals surface area contributed by atoms with Crippen LogP contribution < -0.4 is 4.72 Å². The summed E-state index contributed by atoms with van der Waals surface area (Å²) in [5, 5.41) is 11.4. The first-order valence-corrected chi connectivity index (χ1v) is 13.4. The molecule has 5 rings (SSSR count). The molecule has 4 aromatic rings. The molecule has 7 heteroatoms. The number of fused-ring (bicyclic) bond motifs is 2. The molecule has 0 fully saturated rings. The van der Waals surface area contributed by atoms with Crippen LogP contribution in [-0.4, -0.2) is 14.2 Å². The minimum atomic E-state index is -4.09. The van der Waals surface area contributed by atoms with E-state index < -0.39 is 16.1 Å². The standard InChI is InChI=1S/C27H22N2O3S2/c28-17-22-21-14-6-7-15-23(21)33-27(22)25(26(30)19-10-2-1-3-11-19)29-34(31,32)24-16-8-12-18-9-4-5-13-20(18)24/h1-5,8-13,16,25,29H,6-7,14-15H2. The van der Waals surface area contributed by atoms with E-state index in [-0.39, 0.29) is 10.7 Å². The molecule has 1 atom stereocenters. The van der Waals surface area contributed by atoms with E-state index in [4.69, 9.17) is 0 Å². The molecule has 1 aliphatic carbocycles. The molecule has 0 spiro atoms. The number of aryl methyl sites for hydroxylation is 1. The van der Waals surface area contributed by atoms with Gasteiger partial charge in [-0.1, -0.05) is 66.7 Å². The van der Waals surface area contributed by atoms with Crippen molar-refractivity contribution in [2.75, 3.05) is 0 Å². The number of hydrogen-bond donors (Lipinski definition) is 1. The van der Waals surface area contributed by atoms with Crippen LogP contribution in [0.2, 0.25) is 0 Å². The highest BCUT2D eigenvalue weighted by Crippen LogP contribution is 2.39. The Kier molecular flexibility index (Phi) is 6.05. The summed E-state index contributed by atoms with van der Waals surface area (Å²) in [5.41, 5.74) is 1.79. The lowest BCUT2D eigenvalue weighted by molar-refractivity contribution is 0.0955. The van der Waals surface area contributed by atoms with Crippen LogP contribution in [-0.2, 0) is 22.9 Å². The zero-order valence-corrected chi connectivity index (χ0v) is 20.0. The third-order valence-corrected chi connectivity index (χ3v) is 9.04. The van der Waals surface area contributed by atoms with Gasteiger partial charge in [-0.2, -0.15) is 9.98 Å². The zero-order valence-electron chi connectivity index (χ0n) is 18.3. The van der Waals surface area contributed by atoms with E-state index in [2.05, 4.69) is 10.8 Å².